The van der Waals surface area contributed by atoms with Gasteiger partial charge in [-0.1, -0.05) is 65.5 Å². The molecule has 12 heteroatoms. The highest BCUT2D eigenvalue weighted by atomic mass is 35.5. The van der Waals surface area contributed by atoms with E-state index in [9.17, 15) is 18.0 Å². The van der Waals surface area contributed by atoms with Gasteiger partial charge in [0.05, 0.1) is 27.0 Å². The Morgan fingerprint density at radius 3 is 2.09 bits per heavy atom. The number of carbonyl (C=O) groups excluding carboxylic acids is 2. The van der Waals surface area contributed by atoms with Gasteiger partial charge in [-0.25, -0.2) is 8.42 Å². The van der Waals surface area contributed by atoms with Crippen LogP contribution in [0.4, 0.5) is 5.69 Å². The van der Waals surface area contributed by atoms with E-state index in [2.05, 4.69) is 5.32 Å². The highest BCUT2D eigenvalue weighted by Gasteiger charge is 2.31. The van der Waals surface area contributed by atoms with Gasteiger partial charge in [0.25, 0.3) is 0 Å². The van der Waals surface area contributed by atoms with E-state index in [4.69, 9.17) is 46.4 Å². The predicted molar refractivity (Wildman–Crippen MR) is 143 cm³/mol. The molecule has 0 aliphatic rings. The van der Waals surface area contributed by atoms with Gasteiger partial charge < -0.3 is 10.2 Å². The minimum absolute atomic E-state index is 0.0000643. The molecule has 2 rings (SSSR count). The maximum Gasteiger partial charge on any atom is 0.244 e. The maximum atomic E-state index is 13.5. The van der Waals surface area contributed by atoms with Crippen molar-refractivity contribution in [3.05, 3.63) is 62.1 Å². The number of sulfonamides is 1. The number of anilines is 1. The third-order valence-corrected chi connectivity index (χ3v) is 7.78. The van der Waals surface area contributed by atoms with E-state index in [0.29, 0.717) is 17.0 Å². The lowest BCUT2D eigenvalue weighted by Crippen LogP contribution is -2.52. The van der Waals surface area contributed by atoms with Crippen LogP contribution >= 0.6 is 46.4 Å². The fourth-order valence-corrected chi connectivity index (χ4v) is 4.81. The molecule has 2 aromatic carbocycles. The van der Waals surface area contributed by atoms with E-state index in [0.717, 1.165) is 10.6 Å². The van der Waals surface area contributed by atoms with Gasteiger partial charge >= 0.3 is 0 Å². The molecule has 2 amide bonds. The monoisotopic (exact) mass is 581 g/mol. The highest BCUT2D eigenvalue weighted by Crippen LogP contribution is 2.35. The first-order valence-corrected chi connectivity index (χ1v) is 14.1. The second kappa shape index (κ2) is 12.5. The minimum Gasteiger partial charge on any atom is -0.352 e. The first kappa shape index (κ1) is 29.5. The lowest BCUT2D eigenvalue weighted by molar-refractivity contribution is -0.139. The first-order valence-electron chi connectivity index (χ1n) is 10.7. The van der Waals surface area contributed by atoms with Crippen molar-refractivity contribution >= 4 is 73.9 Å². The van der Waals surface area contributed by atoms with E-state index >= 15 is 0 Å². The molecule has 2 atom stereocenters. The molecule has 0 aliphatic heterocycles. The molecule has 2 aromatic rings. The lowest BCUT2D eigenvalue weighted by Gasteiger charge is -2.32. The number of hydrogen-bond acceptors (Lipinski definition) is 4. The molecule has 0 fully saturated rings. The summed E-state index contributed by atoms with van der Waals surface area (Å²) in [5.74, 6) is -0.973. The molecule has 0 saturated carbocycles. The summed E-state index contributed by atoms with van der Waals surface area (Å²) in [4.78, 5) is 27.7. The van der Waals surface area contributed by atoms with Crippen LogP contribution in [0.3, 0.4) is 0 Å². The standard InChI is InChI=1S/C23H27Cl4N3O4S/c1-5-14(2)28-23(32)15(3)29(12-16-6-8-17(24)9-7-16)22(31)13-30(35(4,33)34)21-11-19(26)18(25)10-20(21)27/h6-11,14-15H,5,12-13H2,1-4H3,(H,28,32). The van der Waals surface area contributed by atoms with E-state index in [1.165, 1.54) is 17.0 Å². The highest BCUT2D eigenvalue weighted by molar-refractivity contribution is 7.92. The molecule has 1 N–H and O–H groups in total. The Balaban J connectivity index is 2.45. The van der Waals surface area contributed by atoms with Crippen LogP contribution in [0.5, 0.6) is 0 Å². The van der Waals surface area contributed by atoms with Crippen molar-refractivity contribution < 1.29 is 18.0 Å². The number of rotatable bonds is 10. The lowest BCUT2D eigenvalue weighted by atomic mass is 10.1. The quantitative estimate of drug-likeness (QED) is 0.380. The zero-order valence-electron chi connectivity index (χ0n) is 19.7. The Kier molecular flexibility index (Phi) is 10.5. The van der Waals surface area contributed by atoms with E-state index in [1.807, 2.05) is 13.8 Å². The normalized spacial score (nSPS) is 13.1. The molecule has 0 saturated heterocycles. The van der Waals surface area contributed by atoms with E-state index in [-0.39, 0.29) is 39.2 Å². The largest absolute Gasteiger partial charge is 0.352 e. The molecule has 0 bridgehead atoms. The average molecular weight is 583 g/mol. The summed E-state index contributed by atoms with van der Waals surface area (Å²) in [7, 11) is -3.96. The van der Waals surface area contributed by atoms with Crippen LogP contribution in [-0.2, 0) is 26.2 Å². The van der Waals surface area contributed by atoms with E-state index in [1.54, 1.807) is 31.2 Å². The molecule has 0 aromatic heterocycles. The molecule has 2 unspecified atom stereocenters. The average Bonchev–Trinajstić information content (AvgIpc) is 2.78. The summed E-state index contributed by atoms with van der Waals surface area (Å²) in [6, 6.07) is 8.39. The molecule has 0 heterocycles. The molecule has 0 radical (unpaired) electrons. The Morgan fingerprint density at radius 1 is 0.971 bits per heavy atom. The van der Waals surface area contributed by atoms with E-state index < -0.39 is 28.5 Å². The van der Waals surface area contributed by atoms with Crippen LogP contribution in [0.1, 0.15) is 32.8 Å². The van der Waals surface area contributed by atoms with Crippen molar-refractivity contribution in [3.63, 3.8) is 0 Å². The Labute approximate surface area is 226 Å². The predicted octanol–water partition coefficient (Wildman–Crippen LogP) is 5.40. The van der Waals surface area contributed by atoms with Gasteiger partial charge in [0.1, 0.15) is 12.6 Å². The summed E-state index contributed by atoms with van der Waals surface area (Å²) in [6.07, 6.45) is 1.66. The summed E-state index contributed by atoms with van der Waals surface area (Å²) < 4.78 is 26.1. The second-order valence-electron chi connectivity index (χ2n) is 8.13. The fourth-order valence-electron chi connectivity index (χ4n) is 3.13. The summed E-state index contributed by atoms with van der Waals surface area (Å²) in [5, 5.41) is 3.60. The van der Waals surface area contributed by atoms with Gasteiger partial charge in [-0.05, 0) is 50.1 Å². The van der Waals surface area contributed by atoms with Crippen molar-refractivity contribution in [2.45, 2.75) is 45.8 Å². The Hall–Kier alpha value is -1.71. The summed E-state index contributed by atoms with van der Waals surface area (Å²) >= 11 is 24.3. The molecule has 7 nitrogen and oxygen atoms in total. The topological polar surface area (TPSA) is 86.8 Å². The summed E-state index contributed by atoms with van der Waals surface area (Å²) in [5.41, 5.74) is 0.712. The van der Waals surface area contributed by atoms with Gasteiger partial charge in [0.15, 0.2) is 0 Å². The first-order chi connectivity index (χ1) is 16.2. The van der Waals surface area contributed by atoms with Crippen LogP contribution < -0.4 is 9.62 Å². The van der Waals surface area contributed by atoms with Gasteiger partial charge in [-0.3, -0.25) is 13.9 Å². The smallest absolute Gasteiger partial charge is 0.244 e. The molecule has 0 aliphatic carbocycles. The second-order valence-corrected chi connectivity index (χ2v) is 11.7. The van der Waals surface area contributed by atoms with Gasteiger partial charge in [-0.2, -0.15) is 0 Å². The van der Waals surface area contributed by atoms with Gasteiger partial charge in [0, 0.05) is 17.6 Å². The Bertz CT molecular complexity index is 1180. The summed E-state index contributed by atoms with van der Waals surface area (Å²) in [6.45, 7) is 4.82. The number of benzene rings is 2. The fraction of sp³-hybridized carbons (Fsp3) is 0.391. The zero-order chi connectivity index (χ0) is 26.5. The van der Waals surface area contributed by atoms with Gasteiger partial charge in [0.2, 0.25) is 21.8 Å². The molecular formula is C23H27Cl4N3O4S. The maximum absolute atomic E-state index is 13.5. The third kappa shape index (κ3) is 8.15. The minimum atomic E-state index is -3.96. The number of amides is 2. The van der Waals surface area contributed by atoms with Crippen LogP contribution in [0, 0.1) is 0 Å². The Morgan fingerprint density at radius 2 is 1.54 bits per heavy atom. The number of carbonyl (C=O) groups is 2. The third-order valence-electron chi connectivity index (χ3n) is 5.37. The van der Waals surface area contributed by atoms with Crippen LogP contribution in [0.2, 0.25) is 20.1 Å². The van der Waals surface area contributed by atoms with Crippen LogP contribution in [0.25, 0.3) is 0 Å². The van der Waals surface area contributed by atoms with Crippen LogP contribution in [0.15, 0.2) is 36.4 Å². The number of nitrogens with zero attached hydrogens (tertiary/aromatic N) is 2. The van der Waals surface area contributed by atoms with Gasteiger partial charge in [-0.15, -0.1) is 0 Å². The number of hydrogen-bond donors (Lipinski definition) is 1. The SMILES string of the molecule is CCC(C)NC(=O)C(C)N(Cc1ccc(Cl)cc1)C(=O)CN(c1cc(Cl)c(Cl)cc1Cl)S(C)(=O)=O. The van der Waals surface area contributed by atoms with Crippen molar-refractivity contribution in [1.29, 1.82) is 0 Å². The molecule has 35 heavy (non-hydrogen) atoms. The van der Waals surface area contributed by atoms with Crippen molar-refractivity contribution in [2.75, 3.05) is 17.1 Å². The number of halogens is 4. The molecule has 192 valence electrons. The number of nitrogens with one attached hydrogen (secondary N) is 1. The molecular weight excluding hydrogens is 556 g/mol. The van der Waals surface area contributed by atoms with Crippen molar-refractivity contribution in [1.82, 2.24) is 10.2 Å². The van der Waals surface area contributed by atoms with Crippen molar-refractivity contribution in [3.8, 4) is 0 Å². The van der Waals surface area contributed by atoms with Crippen molar-refractivity contribution in [2.24, 2.45) is 0 Å². The zero-order valence-corrected chi connectivity index (χ0v) is 23.5. The van der Waals surface area contributed by atoms with Crippen LogP contribution in [-0.4, -0.2) is 50.0 Å². The molecule has 0 spiro atoms.